The lowest BCUT2D eigenvalue weighted by Gasteiger charge is -2.26. The van der Waals surface area contributed by atoms with Gasteiger partial charge in [-0.3, -0.25) is 4.79 Å². The number of carbonyl (C=O) groups excluding carboxylic acids is 1. The van der Waals surface area contributed by atoms with E-state index in [-0.39, 0.29) is 12.4 Å². The fraction of sp³-hybridized carbons (Fsp3) is 0.188. The van der Waals surface area contributed by atoms with Gasteiger partial charge in [-0.05, 0) is 30.2 Å². The molecule has 0 aliphatic carbocycles. The third-order valence-corrected chi connectivity index (χ3v) is 3.27. The number of nitrogens with two attached hydrogens (primary N) is 2. The number of primary amides is 1. The minimum atomic E-state index is -1.52. The predicted molar refractivity (Wildman–Crippen MR) is 78.1 cm³/mol. The smallest absolute Gasteiger partial charge is 0.245 e. The molecule has 0 spiro atoms. The first-order chi connectivity index (χ1) is 9.93. The average molecular weight is 288 g/mol. The maximum atomic E-state index is 13.7. The molecule has 4 nitrogen and oxygen atoms in total. The molecule has 21 heavy (non-hydrogen) atoms. The topological polar surface area (TPSA) is 78.3 Å². The molecule has 2 aromatic carbocycles. The van der Waals surface area contributed by atoms with Crippen LogP contribution in [0.3, 0.4) is 0 Å². The second-order valence-electron chi connectivity index (χ2n) is 4.92. The molecule has 1 unspecified atom stereocenters. The van der Waals surface area contributed by atoms with Crippen molar-refractivity contribution in [3.05, 3.63) is 65.5 Å². The summed E-state index contributed by atoms with van der Waals surface area (Å²) >= 11 is 0. The van der Waals surface area contributed by atoms with Crippen molar-refractivity contribution in [3.8, 4) is 5.75 Å². The molecule has 0 fully saturated rings. The number of hydrogen-bond donors (Lipinski definition) is 2. The maximum Gasteiger partial charge on any atom is 0.245 e. The van der Waals surface area contributed by atoms with E-state index in [9.17, 15) is 9.18 Å². The first-order valence-electron chi connectivity index (χ1n) is 6.47. The molecule has 0 aromatic heterocycles. The molecule has 1 atom stereocenters. The second-order valence-corrected chi connectivity index (χ2v) is 4.92. The van der Waals surface area contributed by atoms with Crippen LogP contribution >= 0.6 is 0 Å². The number of ether oxygens (including phenoxy) is 1. The summed E-state index contributed by atoms with van der Waals surface area (Å²) in [6.07, 6.45) is 0. The molecule has 2 rings (SSSR count). The summed E-state index contributed by atoms with van der Waals surface area (Å²) in [7, 11) is 0. The van der Waals surface area contributed by atoms with E-state index in [1.165, 1.54) is 6.07 Å². The molecule has 4 N–H and O–H groups in total. The standard InChI is InChI=1S/C16H17FN2O2/c1-11-7-8-13(17)14(9-11)21-10-16(19,15(18)20)12-5-3-2-4-6-12/h2-9H,10,19H2,1H3,(H2,18,20). The normalized spacial score (nSPS) is 13.5. The van der Waals surface area contributed by atoms with E-state index in [1.54, 1.807) is 42.5 Å². The third-order valence-electron chi connectivity index (χ3n) is 3.27. The Morgan fingerprint density at radius 3 is 2.52 bits per heavy atom. The van der Waals surface area contributed by atoms with Crippen LogP contribution in [0.2, 0.25) is 0 Å². The molecule has 1 amide bonds. The van der Waals surface area contributed by atoms with Crippen molar-refractivity contribution in [1.82, 2.24) is 0 Å². The molecule has 0 heterocycles. The summed E-state index contributed by atoms with van der Waals surface area (Å²) in [5.74, 6) is -1.20. The van der Waals surface area contributed by atoms with Crippen LogP contribution in [0.25, 0.3) is 0 Å². The van der Waals surface area contributed by atoms with Gasteiger partial charge in [0, 0.05) is 0 Å². The molecular formula is C16H17FN2O2. The number of carbonyl (C=O) groups is 1. The summed E-state index contributed by atoms with van der Waals surface area (Å²) in [4.78, 5) is 11.7. The minimum Gasteiger partial charge on any atom is -0.488 e. The van der Waals surface area contributed by atoms with E-state index in [1.807, 2.05) is 6.92 Å². The van der Waals surface area contributed by atoms with Gasteiger partial charge in [-0.15, -0.1) is 0 Å². The Hall–Kier alpha value is -2.40. The molecule has 0 aliphatic heterocycles. The van der Waals surface area contributed by atoms with Crippen LogP contribution in [0.1, 0.15) is 11.1 Å². The number of amides is 1. The highest BCUT2D eigenvalue weighted by Crippen LogP contribution is 2.23. The Morgan fingerprint density at radius 1 is 1.24 bits per heavy atom. The Kier molecular flexibility index (Phi) is 4.23. The van der Waals surface area contributed by atoms with Crippen molar-refractivity contribution in [2.24, 2.45) is 11.5 Å². The third kappa shape index (κ3) is 3.20. The Bertz CT molecular complexity index is 646. The zero-order valence-electron chi connectivity index (χ0n) is 11.7. The fourth-order valence-corrected chi connectivity index (χ4v) is 1.95. The Morgan fingerprint density at radius 2 is 1.90 bits per heavy atom. The lowest BCUT2D eigenvalue weighted by Crippen LogP contribution is -2.53. The molecule has 2 aromatic rings. The fourth-order valence-electron chi connectivity index (χ4n) is 1.95. The van der Waals surface area contributed by atoms with Gasteiger partial charge in [0.2, 0.25) is 5.91 Å². The highest BCUT2D eigenvalue weighted by atomic mass is 19.1. The molecule has 0 saturated carbocycles. The summed E-state index contributed by atoms with van der Waals surface area (Å²) in [6, 6.07) is 13.1. The van der Waals surface area contributed by atoms with E-state index in [0.29, 0.717) is 5.56 Å². The molecular weight excluding hydrogens is 271 g/mol. The lowest BCUT2D eigenvalue weighted by atomic mass is 9.91. The molecule has 5 heteroatoms. The zero-order valence-corrected chi connectivity index (χ0v) is 11.7. The van der Waals surface area contributed by atoms with Crippen LogP contribution in [-0.4, -0.2) is 12.5 Å². The van der Waals surface area contributed by atoms with E-state index in [0.717, 1.165) is 5.56 Å². The van der Waals surface area contributed by atoms with Crippen molar-refractivity contribution >= 4 is 5.91 Å². The number of aryl methyl sites for hydroxylation is 1. The van der Waals surface area contributed by atoms with Gasteiger partial charge in [0.1, 0.15) is 6.61 Å². The first kappa shape index (κ1) is 15.0. The highest BCUT2D eigenvalue weighted by Gasteiger charge is 2.35. The number of hydrogen-bond acceptors (Lipinski definition) is 3. The van der Waals surface area contributed by atoms with Gasteiger partial charge in [0.05, 0.1) is 0 Å². The summed E-state index contributed by atoms with van der Waals surface area (Å²) < 4.78 is 19.1. The quantitative estimate of drug-likeness (QED) is 0.881. The van der Waals surface area contributed by atoms with E-state index >= 15 is 0 Å². The largest absolute Gasteiger partial charge is 0.488 e. The van der Waals surface area contributed by atoms with Crippen molar-refractivity contribution in [3.63, 3.8) is 0 Å². The monoisotopic (exact) mass is 288 g/mol. The van der Waals surface area contributed by atoms with Gasteiger partial charge < -0.3 is 16.2 Å². The molecule has 110 valence electrons. The Balaban J connectivity index is 2.26. The van der Waals surface area contributed by atoms with Crippen LogP contribution < -0.4 is 16.2 Å². The highest BCUT2D eigenvalue weighted by molar-refractivity contribution is 5.86. The Labute approximate surface area is 122 Å². The zero-order chi connectivity index (χ0) is 15.5. The van der Waals surface area contributed by atoms with Gasteiger partial charge in [-0.1, -0.05) is 36.4 Å². The first-order valence-corrected chi connectivity index (χ1v) is 6.47. The van der Waals surface area contributed by atoms with Crippen LogP contribution in [0.5, 0.6) is 5.75 Å². The predicted octanol–water partition coefficient (Wildman–Crippen LogP) is 1.85. The summed E-state index contributed by atoms with van der Waals surface area (Å²) in [6.45, 7) is 1.57. The van der Waals surface area contributed by atoms with E-state index in [2.05, 4.69) is 0 Å². The maximum absolute atomic E-state index is 13.7. The minimum absolute atomic E-state index is 0.0435. The van der Waals surface area contributed by atoms with E-state index < -0.39 is 17.3 Å². The summed E-state index contributed by atoms with van der Waals surface area (Å²) in [5, 5.41) is 0. The van der Waals surface area contributed by atoms with Crippen molar-refractivity contribution < 1.29 is 13.9 Å². The number of halogens is 1. The molecule has 0 saturated heterocycles. The molecule has 0 aliphatic rings. The summed E-state index contributed by atoms with van der Waals surface area (Å²) in [5.41, 5.74) is 11.3. The second kappa shape index (κ2) is 5.93. The van der Waals surface area contributed by atoms with Gasteiger partial charge in [-0.25, -0.2) is 4.39 Å². The van der Waals surface area contributed by atoms with Gasteiger partial charge in [0.25, 0.3) is 0 Å². The van der Waals surface area contributed by atoms with E-state index in [4.69, 9.17) is 16.2 Å². The SMILES string of the molecule is Cc1ccc(F)c(OCC(N)(C(N)=O)c2ccccc2)c1. The number of benzene rings is 2. The average Bonchev–Trinajstić information content (AvgIpc) is 2.48. The van der Waals surface area contributed by atoms with Gasteiger partial charge in [0.15, 0.2) is 17.1 Å². The van der Waals surface area contributed by atoms with Crippen LogP contribution in [0.15, 0.2) is 48.5 Å². The van der Waals surface area contributed by atoms with Crippen molar-refractivity contribution in [2.45, 2.75) is 12.5 Å². The lowest BCUT2D eigenvalue weighted by molar-refractivity contribution is -0.124. The van der Waals surface area contributed by atoms with Crippen LogP contribution in [-0.2, 0) is 10.3 Å². The number of rotatable bonds is 5. The van der Waals surface area contributed by atoms with Crippen molar-refractivity contribution in [2.75, 3.05) is 6.61 Å². The van der Waals surface area contributed by atoms with Gasteiger partial charge >= 0.3 is 0 Å². The van der Waals surface area contributed by atoms with Gasteiger partial charge in [-0.2, -0.15) is 0 Å². The van der Waals surface area contributed by atoms with Crippen LogP contribution in [0.4, 0.5) is 4.39 Å². The van der Waals surface area contributed by atoms with Crippen molar-refractivity contribution in [1.29, 1.82) is 0 Å². The van der Waals surface area contributed by atoms with Crippen LogP contribution in [0, 0.1) is 12.7 Å². The molecule has 0 bridgehead atoms. The molecule has 0 radical (unpaired) electrons.